The van der Waals surface area contributed by atoms with E-state index >= 15 is 0 Å². The minimum atomic E-state index is 0.480. The highest BCUT2D eigenvalue weighted by Gasteiger charge is 2.30. The van der Waals surface area contributed by atoms with E-state index in [1.165, 1.54) is 12.8 Å². The van der Waals surface area contributed by atoms with Gasteiger partial charge in [-0.1, -0.05) is 13.8 Å². The van der Waals surface area contributed by atoms with E-state index in [9.17, 15) is 0 Å². The minimum absolute atomic E-state index is 0.480. The van der Waals surface area contributed by atoms with Gasteiger partial charge in [-0.3, -0.25) is 0 Å². The number of rotatable bonds is 7. The van der Waals surface area contributed by atoms with E-state index in [0.29, 0.717) is 18.5 Å². The fourth-order valence-electron chi connectivity index (χ4n) is 1.81. The molecule has 1 aliphatic rings. The molecule has 1 saturated carbocycles. The van der Waals surface area contributed by atoms with Crippen molar-refractivity contribution < 1.29 is 0 Å². The van der Waals surface area contributed by atoms with E-state index < -0.39 is 0 Å². The average molecular weight is 264 g/mol. The van der Waals surface area contributed by atoms with Crippen LogP contribution in [0, 0.1) is 11.3 Å². The van der Waals surface area contributed by atoms with Crippen LogP contribution in [-0.4, -0.2) is 23.6 Å². The lowest BCUT2D eigenvalue weighted by Gasteiger charge is -2.19. The van der Waals surface area contributed by atoms with Gasteiger partial charge in [-0.05, 0) is 12.8 Å². The molecule has 0 atom stereocenters. The van der Waals surface area contributed by atoms with Gasteiger partial charge in [0, 0.05) is 30.6 Å². The number of nitriles is 1. The summed E-state index contributed by atoms with van der Waals surface area (Å²) >= 11 is 1.69. The van der Waals surface area contributed by atoms with E-state index in [-0.39, 0.29) is 0 Å². The van der Waals surface area contributed by atoms with Gasteiger partial charge in [0.2, 0.25) is 0 Å². The average Bonchev–Trinajstić information content (AvgIpc) is 3.06. The summed E-state index contributed by atoms with van der Waals surface area (Å²) in [5.41, 5.74) is 1.10. The zero-order valence-corrected chi connectivity index (χ0v) is 11.8. The maximum absolute atomic E-state index is 8.71. The second kappa shape index (κ2) is 6.17. The summed E-state index contributed by atoms with van der Waals surface area (Å²) in [5.74, 6) is 0. The van der Waals surface area contributed by atoms with Crippen molar-refractivity contribution in [3.63, 3.8) is 0 Å². The highest BCUT2D eigenvalue weighted by atomic mass is 32.1. The van der Waals surface area contributed by atoms with Crippen LogP contribution in [0.1, 0.15) is 38.8 Å². The van der Waals surface area contributed by atoms with Gasteiger partial charge in [-0.2, -0.15) is 5.26 Å². The maximum atomic E-state index is 8.71. The summed E-state index contributed by atoms with van der Waals surface area (Å²) in [4.78, 5) is 6.97. The third kappa shape index (κ3) is 3.69. The van der Waals surface area contributed by atoms with Crippen molar-refractivity contribution in [2.45, 2.75) is 51.7 Å². The molecular weight excluding hydrogens is 244 g/mol. The molecule has 1 N–H and O–H groups in total. The SMILES string of the molecule is CC(C)NCc1csc(N(CCC#N)C2CC2)n1. The second-order valence-corrected chi connectivity index (χ2v) is 5.83. The molecule has 0 aromatic carbocycles. The van der Waals surface area contributed by atoms with E-state index in [1.807, 2.05) is 0 Å². The molecule has 1 fully saturated rings. The molecule has 0 radical (unpaired) electrons. The van der Waals surface area contributed by atoms with Crippen LogP contribution in [0.2, 0.25) is 0 Å². The quantitative estimate of drug-likeness (QED) is 0.822. The Bertz CT molecular complexity index is 417. The van der Waals surface area contributed by atoms with Crippen molar-refractivity contribution >= 4 is 16.5 Å². The number of nitrogens with zero attached hydrogens (tertiary/aromatic N) is 3. The van der Waals surface area contributed by atoms with Gasteiger partial charge in [0.25, 0.3) is 0 Å². The lowest BCUT2D eigenvalue weighted by Crippen LogP contribution is -2.26. The van der Waals surface area contributed by atoms with Gasteiger partial charge >= 0.3 is 0 Å². The Labute approximate surface area is 113 Å². The van der Waals surface area contributed by atoms with Gasteiger partial charge in [0.1, 0.15) is 0 Å². The third-order valence-electron chi connectivity index (χ3n) is 2.93. The summed E-state index contributed by atoms with van der Waals surface area (Å²) < 4.78 is 0. The molecule has 4 nitrogen and oxygen atoms in total. The normalized spacial score (nSPS) is 14.8. The van der Waals surface area contributed by atoms with Gasteiger partial charge in [0.05, 0.1) is 18.2 Å². The summed E-state index contributed by atoms with van der Waals surface area (Å²) in [6.45, 7) is 5.91. The number of hydrogen-bond donors (Lipinski definition) is 1. The first-order valence-electron chi connectivity index (χ1n) is 6.52. The highest BCUT2D eigenvalue weighted by molar-refractivity contribution is 7.13. The Balaban J connectivity index is 1.95. The molecule has 0 spiro atoms. The molecule has 0 amide bonds. The van der Waals surface area contributed by atoms with Gasteiger partial charge in [-0.25, -0.2) is 4.98 Å². The summed E-state index contributed by atoms with van der Waals surface area (Å²) in [7, 11) is 0. The molecule has 0 aliphatic heterocycles. The Hall–Kier alpha value is -1.12. The number of nitrogens with one attached hydrogen (secondary N) is 1. The first-order valence-corrected chi connectivity index (χ1v) is 7.40. The van der Waals surface area contributed by atoms with Crippen LogP contribution < -0.4 is 10.2 Å². The first kappa shape index (κ1) is 13.3. The predicted molar refractivity (Wildman–Crippen MR) is 74.7 cm³/mol. The monoisotopic (exact) mass is 264 g/mol. The van der Waals surface area contributed by atoms with Gasteiger partial charge in [-0.15, -0.1) is 11.3 Å². The van der Waals surface area contributed by atoms with Crippen LogP contribution >= 0.6 is 11.3 Å². The van der Waals surface area contributed by atoms with Crippen LogP contribution in [-0.2, 0) is 6.54 Å². The molecule has 98 valence electrons. The molecule has 0 bridgehead atoms. The predicted octanol–water partition coefficient (Wildman–Crippen LogP) is 2.52. The summed E-state index contributed by atoms with van der Waals surface area (Å²) in [5, 5.41) is 15.3. The highest BCUT2D eigenvalue weighted by Crippen LogP contribution is 2.33. The number of aromatic nitrogens is 1. The van der Waals surface area contributed by atoms with E-state index in [1.54, 1.807) is 11.3 Å². The number of hydrogen-bond acceptors (Lipinski definition) is 5. The van der Waals surface area contributed by atoms with Crippen molar-refractivity contribution in [1.82, 2.24) is 10.3 Å². The zero-order chi connectivity index (χ0) is 13.0. The molecule has 18 heavy (non-hydrogen) atoms. The van der Waals surface area contributed by atoms with E-state index in [4.69, 9.17) is 5.26 Å². The maximum Gasteiger partial charge on any atom is 0.185 e. The van der Waals surface area contributed by atoms with Gasteiger partial charge < -0.3 is 10.2 Å². The summed E-state index contributed by atoms with van der Waals surface area (Å²) in [6.07, 6.45) is 3.06. The van der Waals surface area contributed by atoms with Crippen molar-refractivity contribution in [1.29, 1.82) is 5.26 Å². The van der Waals surface area contributed by atoms with Crippen molar-refractivity contribution in [3.05, 3.63) is 11.1 Å². The summed E-state index contributed by atoms with van der Waals surface area (Å²) in [6, 6.07) is 3.32. The fraction of sp³-hybridized carbons (Fsp3) is 0.692. The molecule has 1 aromatic rings. The fourth-order valence-corrected chi connectivity index (χ4v) is 2.73. The molecule has 0 unspecified atom stereocenters. The van der Waals surface area contributed by atoms with Crippen molar-refractivity contribution in [2.24, 2.45) is 0 Å². The van der Waals surface area contributed by atoms with Crippen LogP contribution in [0.3, 0.4) is 0 Å². The topological polar surface area (TPSA) is 52.0 Å². The molecule has 1 aliphatic carbocycles. The Morgan fingerprint density at radius 3 is 3.00 bits per heavy atom. The van der Waals surface area contributed by atoms with Crippen molar-refractivity contribution in [3.8, 4) is 6.07 Å². The first-order chi connectivity index (χ1) is 8.70. The molecule has 1 heterocycles. The van der Waals surface area contributed by atoms with Crippen LogP contribution in [0.5, 0.6) is 0 Å². The molecular formula is C13H20N4S. The largest absolute Gasteiger partial charge is 0.344 e. The Morgan fingerprint density at radius 1 is 1.61 bits per heavy atom. The second-order valence-electron chi connectivity index (χ2n) is 4.99. The van der Waals surface area contributed by atoms with E-state index in [0.717, 1.165) is 23.9 Å². The number of anilines is 1. The number of thiazole rings is 1. The molecule has 5 heteroatoms. The Morgan fingerprint density at radius 2 is 2.39 bits per heavy atom. The minimum Gasteiger partial charge on any atom is -0.344 e. The Kier molecular flexibility index (Phi) is 4.56. The van der Waals surface area contributed by atoms with Gasteiger partial charge in [0.15, 0.2) is 5.13 Å². The van der Waals surface area contributed by atoms with Crippen molar-refractivity contribution in [2.75, 3.05) is 11.4 Å². The molecule has 0 saturated heterocycles. The molecule has 1 aromatic heterocycles. The van der Waals surface area contributed by atoms with Crippen LogP contribution in [0.15, 0.2) is 5.38 Å². The van der Waals surface area contributed by atoms with Crippen LogP contribution in [0.4, 0.5) is 5.13 Å². The lowest BCUT2D eigenvalue weighted by molar-refractivity contribution is 0.582. The van der Waals surface area contributed by atoms with E-state index in [2.05, 4.69) is 40.5 Å². The molecule has 2 rings (SSSR count). The smallest absolute Gasteiger partial charge is 0.185 e. The third-order valence-corrected chi connectivity index (χ3v) is 3.86. The standard InChI is InChI=1S/C13H20N4S/c1-10(2)15-8-11-9-18-13(16-11)17(7-3-6-14)12-4-5-12/h9-10,12,15H,3-5,7-8H2,1-2H3. The van der Waals surface area contributed by atoms with Crippen LogP contribution in [0.25, 0.3) is 0 Å². The lowest BCUT2D eigenvalue weighted by atomic mass is 10.4. The zero-order valence-electron chi connectivity index (χ0n) is 11.0.